The van der Waals surface area contributed by atoms with E-state index in [0.717, 1.165) is 45.8 Å². The molecular weight excluding hydrogens is 287 g/mol. The standard InChI is InChI=1S/C15H21FN4O2/c16-12-5-17-15(18-6-12)20-2-4-22-14-9-19(8-13(14)20)7-11-1-3-21-10-11/h5-6,11,13-14H,1-4,7-10H2/t11?,13-,14+/m0/s1. The molecule has 0 spiro atoms. The maximum absolute atomic E-state index is 13.0. The Labute approximate surface area is 129 Å². The fraction of sp³-hybridized carbons (Fsp3) is 0.733. The van der Waals surface area contributed by atoms with Crippen LogP contribution in [0.1, 0.15) is 6.42 Å². The third-order valence-electron chi connectivity index (χ3n) is 4.78. The Bertz CT molecular complexity index is 509. The largest absolute Gasteiger partial charge is 0.381 e. The van der Waals surface area contributed by atoms with Gasteiger partial charge in [0.2, 0.25) is 5.95 Å². The van der Waals surface area contributed by atoms with E-state index in [4.69, 9.17) is 9.47 Å². The number of rotatable bonds is 3. The Kier molecular flexibility index (Phi) is 3.94. The number of hydrogen-bond acceptors (Lipinski definition) is 6. The first-order valence-electron chi connectivity index (χ1n) is 7.95. The molecule has 1 aromatic heterocycles. The highest BCUT2D eigenvalue weighted by Crippen LogP contribution is 2.27. The van der Waals surface area contributed by atoms with E-state index in [-0.39, 0.29) is 12.1 Å². The summed E-state index contributed by atoms with van der Waals surface area (Å²) in [7, 11) is 0. The number of morpholine rings is 1. The number of nitrogens with zero attached hydrogens (tertiary/aromatic N) is 4. The summed E-state index contributed by atoms with van der Waals surface area (Å²) in [5.41, 5.74) is 0. The zero-order chi connectivity index (χ0) is 14.9. The van der Waals surface area contributed by atoms with Crippen LogP contribution in [0.25, 0.3) is 0 Å². The monoisotopic (exact) mass is 308 g/mol. The molecule has 1 unspecified atom stereocenters. The van der Waals surface area contributed by atoms with E-state index in [1.165, 1.54) is 12.4 Å². The van der Waals surface area contributed by atoms with Crippen molar-refractivity contribution in [3.05, 3.63) is 18.2 Å². The molecule has 0 saturated carbocycles. The summed E-state index contributed by atoms with van der Waals surface area (Å²) in [6.07, 6.45) is 3.80. The molecule has 0 aliphatic carbocycles. The summed E-state index contributed by atoms with van der Waals surface area (Å²) in [6.45, 7) is 6.14. The lowest BCUT2D eigenvalue weighted by molar-refractivity contribution is 0.0296. The second-order valence-corrected chi connectivity index (χ2v) is 6.32. The summed E-state index contributed by atoms with van der Waals surface area (Å²) in [5.74, 6) is 0.837. The number of ether oxygens (including phenoxy) is 2. The molecule has 4 rings (SSSR count). The van der Waals surface area contributed by atoms with Crippen molar-refractivity contribution < 1.29 is 13.9 Å². The van der Waals surface area contributed by atoms with E-state index >= 15 is 0 Å². The van der Waals surface area contributed by atoms with Crippen molar-refractivity contribution in [1.29, 1.82) is 0 Å². The lowest BCUT2D eigenvalue weighted by Gasteiger charge is -2.36. The summed E-state index contributed by atoms with van der Waals surface area (Å²) in [6, 6.07) is 0.251. The van der Waals surface area contributed by atoms with Gasteiger partial charge in [0, 0.05) is 32.8 Å². The number of fused-ring (bicyclic) bond motifs is 1. The second kappa shape index (κ2) is 6.06. The molecular formula is C15H21FN4O2. The SMILES string of the molecule is Fc1cnc(N2CCO[C@@H]3CN(CC4CCOC4)C[C@@H]32)nc1. The molecule has 4 heterocycles. The topological polar surface area (TPSA) is 50.7 Å². The van der Waals surface area contributed by atoms with Gasteiger partial charge in [-0.1, -0.05) is 0 Å². The van der Waals surface area contributed by atoms with E-state index in [1.54, 1.807) is 0 Å². The number of halogens is 1. The Hall–Kier alpha value is -1.31. The van der Waals surface area contributed by atoms with Crippen LogP contribution in [0.3, 0.4) is 0 Å². The molecule has 3 aliphatic rings. The minimum Gasteiger partial charge on any atom is -0.381 e. The van der Waals surface area contributed by atoms with Gasteiger partial charge < -0.3 is 14.4 Å². The van der Waals surface area contributed by atoms with E-state index in [1.807, 2.05) is 0 Å². The second-order valence-electron chi connectivity index (χ2n) is 6.32. The molecule has 0 N–H and O–H groups in total. The molecule has 0 bridgehead atoms. The molecule has 0 aromatic carbocycles. The first-order valence-corrected chi connectivity index (χ1v) is 7.95. The van der Waals surface area contributed by atoms with Gasteiger partial charge in [0.15, 0.2) is 5.82 Å². The molecule has 1 aromatic rings. The lowest BCUT2D eigenvalue weighted by atomic mass is 10.1. The van der Waals surface area contributed by atoms with Crippen LogP contribution in [-0.4, -0.2) is 73.0 Å². The summed E-state index contributed by atoms with van der Waals surface area (Å²) >= 11 is 0. The van der Waals surface area contributed by atoms with Crippen molar-refractivity contribution >= 4 is 5.95 Å². The lowest BCUT2D eigenvalue weighted by Crippen LogP contribution is -2.51. The normalized spacial score (nSPS) is 32.4. The Morgan fingerprint density at radius 2 is 2.09 bits per heavy atom. The molecule has 3 aliphatic heterocycles. The number of likely N-dealkylation sites (tertiary alicyclic amines) is 1. The minimum absolute atomic E-state index is 0.185. The quantitative estimate of drug-likeness (QED) is 0.812. The smallest absolute Gasteiger partial charge is 0.225 e. The molecule has 120 valence electrons. The van der Waals surface area contributed by atoms with E-state index in [0.29, 0.717) is 18.5 Å². The van der Waals surface area contributed by atoms with Crippen LogP contribution < -0.4 is 4.90 Å². The zero-order valence-electron chi connectivity index (χ0n) is 12.5. The summed E-state index contributed by atoms with van der Waals surface area (Å²) < 4.78 is 24.4. The van der Waals surface area contributed by atoms with Crippen molar-refractivity contribution in [3.63, 3.8) is 0 Å². The van der Waals surface area contributed by atoms with Crippen molar-refractivity contribution in [1.82, 2.24) is 14.9 Å². The number of aromatic nitrogens is 2. The van der Waals surface area contributed by atoms with Gasteiger partial charge in [-0.15, -0.1) is 0 Å². The van der Waals surface area contributed by atoms with Crippen molar-refractivity contribution in [2.75, 3.05) is 50.9 Å². The van der Waals surface area contributed by atoms with Gasteiger partial charge in [-0.3, -0.25) is 4.90 Å². The maximum atomic E-state index is 13.0. The average molecular weight is 308 g/mol. The number of anilines is 1. The summed E-state index contributed by atoms with van der Waals surface area (Å²) in [5, 5.41) is 0. The molecule has 0 amide bonds. The molecule has 0 radical (unpaired) electrons. The van der Waals surface area contributed by atoms with Crippen LogP contribution >= 0.6 is 0 Å². The van der Waals surface area contributed by atoms with E-state index in [2.05, 4.69) is 19.8 Å². The number of hydrogen-bond donors (Lipinski definition) is 0. The van der Waals surface area contributed by atoms with Crippen LogP contribution in [-0.2, 0) is 9.47 Å². The van der Waals surface area contributed by atoms with Gasteiger partial charge in [-0.25, -0.2) is 14.4 Å². The van der Waals surface area contributed by atoms with Crippen molar-refractivity contribution in [2.24, 2.45) is 5.92 Å². The fourth-order valence-corrected chi connectivity index (χ4v) is 3.71. The molecule has 22 heavy (non-hydrogen) atoms. The average Bonchev–Trinajstić information content (AvgIpc) is 3.17. The highest BCUT2D eigenvalue weighted by atomic mass is 19.1. The van der Waals surface area contributed by atoms with Crippen molar-refractivity contribution in [2.45, 2.75) is 18.6 Å². The molecule has 6 nitrogen and oxygen atoms in total. The first-order chi connectivity index (χ1) is 10.8. The van der Waals surface area contributed by atoms with Gasteiger partial charge in [-0.2, -0.15) is 0 Å². The Morgan fingerprint density at radius 3 is 2.86 bits per heavy atom. The fourth-order valence-electron chi connectivity index (χ4n) is 3.71. The highest BCUT2D eigenvalue weighted by molar-refractivity contribution is 5.33. The Balaban J connectivity index is 1.45. The van der Waals surface area contributed by atoms with Crippen LogP contribution in [0.2, 0.25) is 0 Å². The van der Waals surface area contributed by atoms with Crippen LogP contribution in [0.4, 0.5) is 10.3 Å². The van der Waals surface area contributed by atoms with E-state index < -0.39 is 5.82 Å². The summed E-state index contributed by atoms with van der Waals surface area (Å²) in [4.78, 5) is 12.9. The van der Waals surface area contributed by atoms with Gasteiger partial charge >= 0.3 is 0 Å². The van der Waals surface area contributed by atoms with Gasteiger partial charge in [0.05, 0.1) is 37.8 Å². The Morgan fingerprint density at radius 1 is 1.23 bits per heavy atom. The van der Waals surface area contributed by atoms with Crippen LogP contribution in [0, 0.1) is 11.7 Å². The van der Waals surface area contributed by atoms with E-state index in [9.17, 15) is 4.39 Å². The van der Waals surface area contributed by atoms with Crippen LogP contribution in [0.15, 0.2) is 12.4 Å². The third-order valence-corrected chi connectivity index (χ3v) is 4.78. The van der Waals surface area contributed by atoms with Crippen molar-refractivity contribution in [3.8, 4) is 0 Å². The molecule has 3 atom stereocenters. The van der Waals surface area contributed by atoms with Gasteiger partial charge in [-0.05, 0) is 12.3 Å². The van der Waals surface area contributed by atoms with Gasteiger partial charge in [0.1, 0.15) is 0 Å². The predicted octanol–water partition coefficient (Wildman–Crippen LogP) is 0.542. The first kappa shape index (κ1) is 14.3. The predicted molar refractivity (Wildman–Crippen MR) is 78.2 cm³/mol. The molecule has 3 saturated heterocycles. The molecule has 7 heteroatoms. The highest BCUT2D eigenvalue weighted by Gasteiger charge is 2.41. The van der Waals surface area contributed by atoms with Crippen LogP contribution in [0.5, 0.6) is 0 Å². The molecule has 3 fully saturated rings. The third kappa shape index (κ3) is 2.80. The maximum Gasteiger partial charge on any atom is 0.225 e. The zero-order valence-corrected chi connectivity index (χ0v) is 12.5. The minimum atomic E-state index is -0.400. The van der Waals surface area contributed by atoms with Gasteiger partial charge in [0.25, 0.3) is 0 Å².